The Morgan fingerprint density at radius 2 is 2.00 bits per heavy atom. The van der Waals surface area contributed by atoms with E-state index in [2.05, 4.69) is 60.1 Å². The maximum Gasteiger partial charge on any atom is 0.387 e. The average molecular weight is 492 g/mol. The molecule has 35 heavy (non-hydrogen) atoms. The van der Waals surface area contributed by atoms with Crippen LogP contribution in [0.15, 0.2) is 29.5 Å². The Kier molecular flexibility index (Phi) is 8.12. The molecule has 2 aromatic rings. The first-order valence-corrected chi connectivity index (χ1v) is 11.9. The fourth-order valence-corrected chi connectivity index (χ4v) is 4.74. The van der Waals surface area contributed by atoms with E-state index >= 15 is 0 Å². The molecule has 1 saturated carbocycles. The van der Waals surface area contributed by atoms with Crippen molar-refractivity contribution in [1.82, 2.24) is 20.1 Å². The molecule has 4 atom stereocenters. The summed E-state index contributed by atoms with van der Waals surface area (Å²) in [7, 11) is 0. The minimum Gasteiger partial charge on any atom is -0.427 e. The van der Waals surface area contributed by atoms with Crippen LogP contribution in [-0.2, 0) is 17.9 Å². The largest absolute Gasteiger partial charge is 0.427 e. The number of halogens is 2. The molecule has 2 N–H and O–H groups in total. The number of carbonyl (C=O) groups excluding carboxylic acids is 1. The SMILES string of the molecule is Cc1cnccc1CNC(=O)Cn1ncc(N[C@@H]2C[C@H](C)C(C)(C)[C@H](C)[C@H]2C)c(OC(F)F)c1=O. The number of hydrogen-bond acceptors (Lipinski definition) is 6. The van der Waals surface area contributed by atoms with Crippen LogP contribution in [-0.4, -0.2) is 33.3 Å². The molecule has 0 radical (unpaired) electrons. The molecular weight excluding hydrogens is 456 g/mol. The van der Waals surface area contributed by atoms with Crippen molar-refractivity contribution < 1.29 is 18.3 Å². The lowest BCUT2D eigenvalue weighted by Gasteiger charge is -2.50. The van der Waals surface area contributed by atoms with Crippen molar-refractivity contribution in [2.45, 2.75) is 73.7 Å². The molecule has 0 aromatic carbocycles. The zero-order chi connectivity index (χ0) is 25.9. The average Bonchev–Trinajstić information content (AvgIpc) is 2.79. The highest BCUT2D eigenvalue weighted by Gasteiger charge is 2.43. The van der Waals surface area contributed by atoms with Gasteiger partial charge in [0.05, 0.1) is 6.20 Å². The van der Waals surface area contributed by atoms with Gasteiger partial charge in [-0.3, -0.25) is 14.6 Å². The maximum absolute atomic E-state index is 13.2. The van der Waals surface area contributed by atoms with Gasteiger partial charge in [0.1, 0.15) is 12.2 Å². The van der Waals surface area contributed by atoms with Gasteiger partial charge in [-0.25, -0.2) is 4.68 Å². The van der Waals surface area contributed by atoms with Gasteiger partial charge < -0.3 is 15.4 Å². The number of nitrogens with one attached hydrogen (secondary N) is 2. The highest BCUT2D eigenvalue weighted by molar-refractivity contribution is 5.75. The van der Waals surface area contributed by atoms with E-state index in [9.17, 15) is 18.4 Å². The molecule has 0 saturated heterocycles. The molecule has 2 heterocycles. The van der Waals surface area contributed by atoms with Gasteiger partial charge in [-0.15, -0.1) is 0 Å². The van der Waals surface area contributed by atoms with Crippen molar-refractivity contribution in [3.8, 4) is 5.75 Å². The van der Waals surface area contributed by atoms with Crippen molar-refractivity contribution in [2.24, 2.45) is 23.2 Å². The van der Waals surface area contributed by atoms with Crippen LogP contribution < -0.4 is 20.9 Å². The number of aromatic nitrogens is 3. The second-order valence-electron chi connectivity index (χ2n) is 10.2. The second-order valence-corrected chi connectivity index (χ2v) is 10.2. The predicted octanol–water partition coefficient (Wildman–Crippen LogP) is 3.98. The van der Waals surface area contributed by atoms with Crippen LogP contribution >= 0.6 is 0 Å². The van der Waals surface area contributed by atoms with Crippen molar-refractivity contribution >= 4 is 11.6 Å². The standard InChI is InChI=1S/C25H35F2N5O3/c1-14-10-28-8-7-18(14)11-29-21(33)13-32-23(34)22(35-24(26)27)20(12-30-32)31-19-9-15(2)25(5,6)17(4)16(19)3/h7-8,10,12,15-17,19,24,31H,9,11,13H2,1-6H3,(H,29,33)/t15-,16+,17+,19+/m0/s1. The van der Waals surface area contributed by atoms with E-state index in [1.54, 1.807) is 18.5 Å². The van der Waals surface area contributed by atoms with Crippen LogP contribution in [0.4, 0.5) is 14.5 Å². The third kappa shape index (κ3) is 5.97. The Bertz CT molecular complexity index is 1100. The minimum atomic E-state index is -3.19. The maximum atomic E-state index is 13.2. The minimum absolute atomic E-state index is 0.0444. The van der Waals surface area contributed by atoms with Gasteiger partial charge in [-0.2, -0.15) is 13.9 Å². The van der Waals surface area contributed by atoms with Crippen molar-refractivity contribution in [2.75, 3.05) is 5.32 Å². The first kappa shape index (κ1) is 26.6. The number of ether oxygens (including phenoxy) is 1. The van der Waals surface area contributed by atoms with Crippen LogP contribution in [0.2, 0.25) is 0 Å². The van der Waals surface area contributed by atoms with Crippen molar-refractivity contribution in [3.05, 3.63) is 46.1 Å². The molecule has 1 fully saturated rings. The van der Waals surface area contributed by atoms with Gasteiger partial charge in [0.15, 0.2) is 0 Å². The van der Waals surface area contributed by atoms with Gasteiger partial charge in [0, 0.05) is 25.0 Å². The Balaban J connectivity index is 1.78. The van der Waals surface area contributed by atoms with Gasteiger partial charge in [-0.1, -0.05) is 34.6 Å². The van der Waals surface area contributed by atoms with Crippen LogP contribution in [0.25, 0.3) is 0 Å². The van der Waals surface area contributed by atoms with E-state index in [1.165, 1.54) is 6.20 Å². The Morgan fingerprint density at radius 3 is 2.66 bits per heavy atom. The van der Waals surface area contributed by atoms with E-state index in [4.69, 9.17) is 0 Å². The zero-order valence-corrected chi connectivity index (χ0v) is 21.1. The molecule has 192 valence electrons. The zero-order valence-electron chi connectivity index (χ0n) is 21.1. The molecule has 0 spiro atoms. The van der Waals surface area contributed by atoms with Gasteiger partial charge in [0.25, 0.3) is 0 Å². The van der Waals surface area contributed by atoms with Gasteiger partial charge in [0.2, 0.25) is 11.7 Å². The lowest BCUT2D eigenvalue weighted by molar-refractivity contribution is -0.122. The van der Waals surface area contributed by atoms with E-state index in [-0.39, 0.29) is 29.6 Å². The van der Waals surface area contributed by atoms with E-state index in [1.807, 2.05) is 6.92 Å². The normalized spacial score (nSPS) is 23.7. The summed E-state index contributed by atoms with van der Waals surface area (Å²) in [6.07, 6.45) is 5.40. The van der Waals surface area contributed by atoms with Crippen molar-refractivity contribution in [3.63, 3.8) is 0 Å². The Morgan fingerprint density at radius 1 is 1.29 bits per heavy atom. The summed E-state index contributed by atoms with van der Waals surface area (Å²) in [4.78, 5) is 29.4. The van der Waals surface area contributed by atoms with E-state index < -0.39 is 30.4 Å². The molecule has 0 bridgehead atoms. The smallest absolute Gasteiger partial charge is 0.387 e. The molecular formula is C25H35F2N5O3. The molecule has 2 aromatic heterocycles. The van der Waals surface area contributed by atoms with Crippen molar-refractivity contribution in [1.29, 1.82) is 0 Å². The molecule has 0 unspecified atom stereocenters. The lowest BCUT2D eigenvalue weighted by atomic mass is 9.58. The number of carbonyl (C=O) groups is 1. The number of amides is 1. The molecule has 3 rings (SSSR count). The summed E-state index contributed by atoms with van der Waals surface area (Å²) in [5, 5.41) is 10.0. The summed E-state index contributed by atoms with van der Waals surface area (Å²) in [5.74, 6) is -0.0446. The highest BCUT2D eigenvalue weighted by Crippen LogP contribution is 2.48. The van der Waals surface area contributed by atoms with E-state index in [0.29, 0.717) is 11.8 Å². The summed E-state index contributed by atoms with van der Waals surface area (Å²) in [5.41, 5.74) is 1.13. The number of hydrogen-bond donors (Lipinski definition) is 2. The van der Waals surface area contributed by atoms with Crippen LogP contribution in [0.1, 0.15) is 52.2 Å². The summed E-state index contributed by atoms with van der Waals surface area (Å²) in [6.45, 7) is 9.46. The summed E-state index contributed by atoms with van der Waals surface area (Å²) in [6, 6.07) is 1.74. The van der Waals surface area contributed by atoms with Gasteiger partial charge >= 0.3 is 12.2 Å². The second kappa shape index (κ2) is 10.7. The molecule has 1 amide bonds. The number of nitrogens with zero attached hydrogens (tertiary/aromatic N) is 3. The Hall–Kier alpha value is -3.04. The number of pyridine rings is 1. The number of anilines is 1. The predicted molar refractivity (Wildman–Crippen MR) is 129 cm³/mol. The number of rotatable bonds is 8. The van der Waals surface area contributed by atoms with Crippen LogP contribution in [0, 0.1) is 30.1 Å². The quantitative estimate of drug-likeness (QED) is 0.580. The Labute approximate surface area is 204 Å². The molecule has 8 nitrogen and oxygen atoms in total. The fourth-order valence-electron chi connectivity index (χ4n) is 4.74. The number of aryl methyl sites for hydroxylation is 1. The summed E-state index contributed by atoms with van der Waals surface area (Å²) < 4.78 is 31.8. The molecule has 1 aliphatic carbocycles. The van der Waals surface area contributed by atoms with Gasteiger partial charge in [-0.05, 0) is 53.7 Å². The first-order chi connectivity index (χ1) is 16.4. The lowest BCUT2D eigenvalue weighted by Crippen LogP contribution is -2.48. The van der Waals surface area contributed by atoms with Crippen LogP contribution in [0.3, 0.4) is 0 Å². The third-order valence-electron chi connectivity index (χ3n) is 7.93. The molecule has 10 heteroatoms. The third-order valence-corrected chi connectivity index (χ3v) is 7.93. The highest BCUT2D eigenvalue weighted by atomic mass is 19.3. The molecule has 1 aliphatic rings. The molecule has 0 aliphatic heterocycles. The first-order valence-electron chi connectivity index (χ1n) is 11.9. The van der Waals surface area contributed by atoms with Crippen LogP contribution in [0.5, 0.6) is 5.75 Å². The van der Waals surface area contributed by atoms with E-state index in [0.717, 1.165) is 22.2 Å². The topological polar surface area (TPSA) is 98.1 Å². The number of alkyl halides is 2. The monoisotopic (exact) mass is 491 g/mol. The summed E-state index contributed by atoms with van der Waals surface area (Å²) >= 11 is 0. The fraction of sp³-hybridized carbons (Fsp3) is 0.600.